The van der Waals surface area contributed by atoms with E-state index in [9.17, 15) is 4.79 Å². The van der Waals surface area contributed by atoms with E-state index in [2.05, 4.69) is 10.3 Å². The summed E-state index contributed by atoms with van der Waals surface area (Å²) in [5, 5.41) is 2.90. The Bertz CT molecular complexity index is 687. The highest BCUT2D eigenvalue weighted by Gasteiger charge is 2.07. The van der Waals surface area contributed by atoms with Gasteiger partial charge < -0.3 is 20.5 Å². The van der Waals surface area contributed by atoms with E-state index >= 15 is 0 Å². The van der Waals surface area contributed by atoms with Gasteiger partial charge in [0.05, 0.1) is 31.5 Å². The third kappa shape index (κ3) is 5.99. The van der Waals surface area contributed by atoms with Crippen molar-refractivity contribution in [3.8, 4) is 11.5 Å². The minimum atomic E-state index is -0.0618. The normalized spacial score (nSPS) is 10.3. The number of nitrogens with two attached hydrogens (primary N) is 1. The smallest absolute Gasteiger partial charge is 0.226 e. The number of pyridine rings is 1. The Hall–Kier alpha value is -2.76. The van der Waals surface area contributed by atoms with Gasteiger partial charge in [-0.2, -0.15) is 0 Å². The van der Waals surface area contributed by atoms with Crippen LogP contribution in [0.15, 0.2) is 36.5 Å². The van der Waals surface area contributed by atoms with Crippen LogP contribution in [0.3, 0.4) is 0 Å². The Morgan fingerprint density at radius 3 is 2.56 bits per heavy atom. The SMILES string of the molecule is CCOc1ccc(CCNC(=O)Cc2ccc(N)cn2)cc1OCC. The summed E-state index contributed by atoms with van der Waals surface area (Å²) < 4.78 is 11.2. The van der Waals surface area contributed by atoms with Crippen molar-refractivity contribution < 1.29 is 14.3 Å². The molecule has 0 unspecified atom stereocenters. The van der Waals surface area contributed by atoms with Crippen molar-refractivity contribution in [3.05, 3.63) is 47.8 Å². The van der Waals surface area contributed by atoms with E-state index in [1.165, 1.54) is 0 Å². The number of amides is 1. The molecule has 2 aromatic rings. The quantitative estimate of drug-likeness (QED) is 0.730. The number of nitrogens with one attached hydrogen (secondary N) is 1. The van der Waals surface area contributed by atoms with Crippen LogP contribution in [0, 0.1) is 0 Å². The van der Waals surface area contributed by atoms with Gasteiger partial charge in [0.15, 0.2) is 11.5 Å². The van der Waals surface area contributed by atoms with Crippen LogP contribution in [0.2, 0.25) is 0 Å². The molecular formula is C19H25N3O3. The van der Waals surface area contributed by atoms with Gasteiger partial charge in [-0.1, -0.05) is 6.07 Å². The molecule has 0 fully saturated rings. The molecule has 0 saturated heterocycles. The number of hydrogen-bond donors (Lipinski definition) is 2. The Morgan fingerprint density at radius 1 is 1.12 bits per heavy atom. The second kappa shape index (κ2) is 9.52. The molecule has 1 aromatic heterocycles. The number of carbonyl (C=O) groups excluding carboxylic acids is 1. The maximum atomic E-state index is 12.0. The molecule has 0 aliphatic rings. The van der Waals surface area contributed by atoms with Gasteiger partial charge in [-0.3, -0.25) is 9.78 Å². The van der Waals surface area contributed by atoms with E-state index in [1.54, 1.807) is 18.3 Å². The molecule has 6 heteroatoms. The van der Waals surface area contributed by atoms with Crippen molar-refractivity contribution in [1.82, 2.24) is 10.3 Å². The van der Waals surface area contributed by atoms with Crippen molar-refractivity contribution in [2.24, 2.45) is 0 Å². The highest BCUT2D eigenvalue weighted by Crippen LogP contribution is 2.28. The fourth-order valence-electron chi connectivity index (χ4n) is 2.36. The molecule has 1 heterocycles. The summed E-state index contributed by atoms with van der Waals surface area (Å²) in [5.41, 5.74) is 7.95. The van der Waals surface area contributed by atoms with Gasteiger partial charge in [0.2, 0.25) is 5.91 Å². The van der Waals surface area contributed by atoms with Gasteiger partial charge >= 0.3 is 0 Å². The maximum Gasteiger partial charge on any atom is 0.226 e. The van der Waals surface area contributed by atoms with Gasteiger partial charge in [0, 0.05) is 12.2 Å². The number of benzene rings is 1. The molecule has 0 spiro atoms. The Labute approximate surface area is 148 Å². The third-order valence-corrected chi connectivity index (χ3v) is 3.53. The average molecular weight is 343 g/mol. The number of rotatable bonds is 9. The second-order valence-electron chi connectivity index (χ2n) is 5.51. The fraction of sp³-hybridized carbons (Fsp3) is 0.368. The molecule has 134 valence electrons. The number of nitrogens with zero attached hydrogens (tertiary/aromatic N) is 1. The third-order valence-electron chi connectivity index (χ3n) is 3.53. The molecule has 2 rings (SSSR count). The van der Waals surface area contributed by atoms with Gasteiger partial charge in [-0.25, -0.2) is 0 Å². The van der Waals surface area contributed by atoms with E-state index in [4.69, 9.17) is 15.2 Å². The van der Waals surface area contributed by atoms with E-state index in [1.807, 2.05) is 32.0 Å². The zero-order valence-corrected chi connectivity index (χ0v) is 14.7. The summed E-state index contributed by atoms with van der Waals surface area (Å²) >= 11 is 0. The first-order chi connectivity index (χ1) is 12.1. The van der Waals surface area contributed by atoms with Gasteiger partial charge in [0.25, 0.3) is 0 Å². The van der Waals surface area contributed by atoms with Crippen molar-refractivity contribution in [1.29, 1.82) is 0 Å². The standard InChI is InChI=1S/C19H25N3O3/c1-3-24-17-8-5-14(11-18(17)25-4-2)9-10-21-19(23)12-16-7-6-15(20)13-22-16/h5-8,11,13H,3-4,9-10,12,20H2,1-2H3,(H,21,23). The minimum absolute atomic E-state index is 0.0618. The van der Waals surface area contributed by atoms with Crippen LogP contribution in [-0.2, 0) is 17.6 Å². The molecule has 0 atom stereocenters. The van der Waals surface area contributed by atoms with Crippen molar-refractivity contribution in [2.75, 3.05) is 25.5 Å². The van der Waals surface area contributed by atoms with Crippen LogP contribution in [0.25, 0.3) is 0 Å². The molecule has 6 nitrogen and oxygen atoms in total. The Morgan fingerprint density at radius 2 is 1.88 bits per heavy atom. The van der Waals surface area contributed by atoms with E-state index in [-0.39, 0.29) is 12.3 Å². The fourth-order valence-corrected chi connectivity index (χ4v) is 2.36. The van der Waals surface area contributed by atoms with E-state index in [0.717, 1.165) is 17.1 Å². The lowest BCUT2D eigenvalue weighted by Gasteiger charge is -2.12. The summed E-state index contributed by atoms with van der Waals surface area (Å²) in [6.45, 7) is 5.60. The Kier molecular flexibility index (Phi) is 7.07. The zero-order chi connectivity index (χ0) is 18.1. The molecule has 0 radical (unpaired) electrons. The average Bonchev–Trinajstić information content (AvgIpc) is 2.59. The summed E-state index contributed by atoms with van der Waals surface area (Å²) in [6, 6.07) is 9.36. The topological polar surface area (TPSA) is 86.5 Å². The molecule has 0 aliphatic carbocycles. The lowest BCUT2D eigenvalue weighted by Crippen LogP contribution is -2.27. The number of ether oxygens (including phenoxy) is 2. The van der Waals surface area contributed by atoms with Crippen molar-refractivity contribution in [2.45, 2.75) is 26.7 Å². The van der Waals surface area contributed by atoms with Crippen molar-refractivity contribution in [3.63, 3.8) is 0 Å². The number of carbonyl (C=O) groups is 1. The minimum Gasteiger partial charge on any atom is -0.490 e. The van der Waals surface area contributed by atoms with Crippen LogP contribution in [-0.4, -0.2) is 30.6 Å². The molecule has 25 heavy (non-hydrogen) atoms. The highest BCUT2D eigenvalue weighted by molar-refractivity contribution is 5.78. The number of anilines is 1. The van der Waals surface area contributed by atoms with Gasteiger partial charge in [-0.05, 0) is 50.1 Å². The molecular weight excluding hydrogens is 318 g/mol. The first-order valence-electron chi connectivity index (χ1n) is 8.48. The van der Waals surface area contributed by atoms with E-state index in [0.29, 0.717) is 37.6 Å². The number of aromatic nitrogens is 1. The molecule has 1 aromatic carbocycles. The molecule has 3 N–H and O–H groups in total. The number of hydrogen-bond acceptors (Lipinski definition) is 5. The highest BCUT2D eigenvalue weighted by atomic mass is 16.5. The van der Waals surface area contributed by atoms with E-state index < -0.39 is 0 Å². The summed E-state index contributed by atoms with van der Waals surface area (Å²) in [7, 11) is 0. The van der Waals surface area contributed by atoms with Crippen LogP contribution >= 0.6 is 0 Å². The lowest BCUT2D eigenvalue weighted by molar-refractivity contribution is -0.120. The predicted molar refractivity (Wildman–Crippen MR) is 97.8 cm³/mol. The van der Waals surface area contributed by atoms with Crippen LogP contribution < -0.4 is 20.5 Å². The second-order valence-corrected chi connectivity index (χ2v) is 5.51. The summed E-state index contributed by atoms with van der Waals surface area (Å²) in [6.07, 6.45) is 2.51. The Balaban J connectivity index is 1.85. The lowest BCUT2D eigenvalue weighted by atomic mass is 10.1. The summed E-state index contributed by atoms with van der Waals surface area (Å²) in [5.74, 6) is 1.42. The monoisotopic (exact) mass is 343 g/mol. The predicted octanol–water partition coefficient (Wildman–Crippen LogP) is 2.36. The van der Waals surface area contributed by atoms with Crippen LogP contribution in [0.4, 0.5) is 5.69 Å². The largest absolute Gasteiger partial charge is 0.490 e. The molecule has 0 aliphatic heterocycles. The zero-order valence-electron chi connectivity index (χ0n) is 14.7. The van der Waals surface area contributed by atoms with Gasteiger partial charge in [-0.15, -0.1) is 0 Å². The molecule has 0 saturated carbocycles. The molecule has 1 amide bonds. The summed E-state index contributed by atoms with van der Waals surface area (Å²) in [4.78, 5) is 16.1. The number of nitrogen functional groups attached to an aromatic ring is 1. The molecule has 0 bridgehead atoms. The van der Waals surface area contributed by atoms with Crippen LogP contribution in [0.5, 0.6) is 11.5 Å². The maximum absolute atomic E-state index is 12.0. The first-order valence-corrected chi connectivity index (χ1v) is 8.48. The van der Waals surface area contributed by atoms with Crippen molar-refractivity contribution >= 4 is 11.6 Å². The van der Waals surface area contributed by atoms with Crippen LogP contribution in [0.1, 0.15) is 25.1 Å². The first kappa shape index (κ1) is 18.6. The van der Waals surface area contributed by atoms with Gasteiger partial charge in [0.1, 0.15) is 0 Å².